The van der Waals surface area contributed by atoms with Crippen molar-refractivity contribution in [3.63, 3.8) is 0 Å². The van der Waals surface area contributed by atoms with Gasteiger partial charge in [-0.1, -0.05) is 37.3 Å². The van der Waals surface area contributed by atoms with E-state index in [-0.39, 0.29) is 0 Å². The summed E-state index contributed by atoms with van der Waals surface area (Å²) in [4.78, 5) is 6.43. The second kappa shape index (κ2) is 6.73. The van der Waals surface area contributed by atoms with E-state index < -0.39 is 0 Å². The first-order chi connectivity index (χ1) is 9.74. The first-order valence-corrected chi connectivity index (χ1v) is 6.67. The monoisotopic (exact) mass is 268 g/mol. The minimum atomic E-state index is 0.598. The van der Waals surface area contributed by atoms with E-state index in [9.17, 15) is 0 Å². The van der Waals surface area contributed by atoms with Crippen LogP contribution in [-0.2, 0) is 6.42 Å². The summed E-state index contributed by atoms with van der Waals surface area (Å²) < 4.78 is 0. The smallest absolute Gasteiger partial charge is 0.217 e. The Morgan fingerprint density at radius 2 is 1.75 bits per heavy atom. The van der Waals surface area contributed by atoms with Gasteiger partial charge in [0.1, 0.15) is 0 Å². The predicted octanol–water partition coefficient (Wildman–Crippen LogP) is 2.84. The number of anilines is 1. The molecule has 0 aliphatic heterocycles. The molecule has 2 aromatic carbocycles. The zero-order chi connectivity index (χ0) is 14.4. The van der Waals surface area contributed by atoms with Crippen LogP contribution in [0.25, 0.3) is 0 Å². The van der Waals surface area contributed by atoms with Crippen LogP contribution in [0, 0.1) is 0 Å². The first-order valence-electron chi connectivity index (χ1n) is 6.67. The van der Waals surface area contributed by atoms with E-state index in [4.69, 9.17) is 5.84 Å². The average Bonchev–Trinajstić information content (AvgIpc) is 2.53. The Kier molecular flexibility index (Phi) is 4.74. The quantitative estimate of drug-likeness (QED) is 0.389. The van der Waals surface area contributed by atoms with Gasteiger partial charge >= 0.3 is 0 Å². The lowest BCUT2D eigenvalue weighted by Crippen LogP contribution is -2.42. The molecule has 0 radical (unpaired) electrons. The SMILES string of the molecule is CCc1ccc(N(C)C(=Nc2ccccc2)NN)cc1. The third-order valence-corrected chi connectivity index (χ3v) is 3.17. The highest BCUT2D eigenvalue weighted by Gasteiger charge is 2.07. The molecule has 0 amide bonds. The number of hydrazine groups is 1. The normalized spacial score (nSPS) is 11.2. The fourth-order valence-electron chi connectivity index (χ4n) is 1.91. The minimum absolute atomic E-state index is 0.598. The number of nitrogens with two attached hydrogens (primary N) is 1. The van der Waals surface area contributed by atoms with Crippen molar-refractivity contribution in [2.75, 3.05) is 11.9 Å². The lowest BCUT2D eigenvalue weighted by atomic mass is 10.1. The number of nitrogens with zero attached hydrogens (tertiary/aromatic N) is 2. The number of aliphatic imine (C=N–C) groups is 1. The number of para-hydroxylation sites is 1. The zero-order valence-corrected chi connectivity index (χ0v) is 11.9. The van der Waals surface area contributed by atoms with Gasteiger partial charge in [-0.15, -0.1) is 0 Å². The lowest BCUT2D eigenvalue weighted by molar-refractivity contribution is 0.977. The zero-order valence-electron chi connectivity index (χ0n) is 11.9. The van der Waals surface area contributed by atoms with Crippen LogP contribution < -0.4 is 16.2 Å². The lowest BCUT2D eigenvalue weighted by Gasteiger charge is -2.21. The molecule has 20 heavy (non-hydrogen) atoms. The highest BCUT2D eigenvalue weighted by Crippen LogP contribution is 2.16. The van der Waals surface area contributed by atoms with Crippen LogP contribution in [-0.4, -0.2) is 13.0 Å². The first kappa shape index (κ1) is 14.1. The molecule has 0 saturated carbocycles. The molecular formula is C16H20N4. The molecule has 0 unspecified atom stereocenters. The largest absolute Gasteiger partial charge is 0.314 e. The topological polar surface area (TPSA) is 53.6 Å². The Labute approximate surface area is 119 Å². The molecule has 2 aromatic rings. The summed E-state index contributed by atoms with van der Waals surface area (Å²) in [6.45, 7) is 2.14. The van der Waals surface area contributed by atoms with Crippen LogP contribution in [0.2, 0.25) is 0 Å². The van der Waals surface area contributed by atoms with Crippen LogP contribution in [0.4, 0.5) is 11.4 Å². The molecule has 0 saturated heterocycles. The molecule has 4 heteroatoms. The maximum atomic E-state index is 5.59. The molecule has 0 spiro atoms. The molecule has 4 nitrogen and oxygen atoms in total. The summed E-state index contributed by atoms with van der Waals surface area (Å²) in [5, 5.41) is 0. The molecule has 0 bridgehead atoms. The van der Waals surface area contributed by atoms with Crippen molar-refractivity contribution in [2.24, 2.45) is 10.8 Å². The van der Waals surface area contributed by atoms with Crippen LogP contribution in [0.5, 0.6) is 0 Å². The van der Waals surface area contributed by atoms with Crippen LogP contribution >= 0.6 is 0 Å². The van der Waals surface area contributed by atoms with E-state index in [1.807, 2.05) is 42.3 Å². The van der Waals surface area contributed by atoms with Gasteiger partial charge in [0.25, 0.3) is 0 Å². The molecule has 104 valence electrons. The summed E-state index contributed by atoms with van der Waals surface area (Å²) in [6, 6.07) is 18.1. The van der Waals surface area contributed by atoms with Gasteiger partial charge in [-0.2, -0.15) is 0 Å². The summed E-state index contributed by atoms with van der Waals surface area (Å²) in [5.74, 6) is 6.19. The third kappa shape index (κ3) is 3.36. The maximum Gasteiger partial charge on any atom is 0.217 e. The van der Waals surface area contributed by atoms with Gasteiger partial charge in [-0.05, 0) is 36.2 Å². The highest BCUT2D eigenvalue weighted by atomic mass is 15.4. The average molecular weight is 268 g/mol. The van der Waals surface area contributed by atoms with Gasteiger partial charge in [-0.25, -0.2) is 10.8 Å². The van der Waals surface area contributed by atoms with Crippen molar-refractivity contribution in [3.05, 3.63) is 60.2 Å². The van der Waals surface area contributed by atoms with Crippen molar-refractivity contribution in [3.8, 4) is 0 Å². The molecular weight excluding hydrogens is 248 g/mol. The second-order valence-electron chi connectivity index (χ2n) is 4.49. The number of guanidine groups is 1. The van der Waals surface area contributed by atoms with E-state index in [0.29, 0.717) is 5.96 Å². The summed E-state index contributed by atoms with van der Waals surface area (Å²) in [6.07, 6.45) is 1.03. The summed E-state index contributed by atoms with van der Waals surface area (Å²) >= 11 is 0. The highest BCUT2D eigenvalue weighted by molar-refractivity contribution is 5.96. The van der Waals surface area contributed by atoms with Crippen LogP contribution in [0.15, 0.2) is 59.6 Å². The van der Waals surface area contributed by atoms with Crippen molar-refractivity contribution < 1.29 is 0 Å². The van der Waals surface area contributed by atoms with Crippen LogP contribution in [0.1, 0.15) is 12.5 Å². The molecule has 0 aromatic heterocycles. The minimum Gasteiger partial charge on any atom is -0.314 e. The van der Waals surface area contributed by atoms with Crippen molar-refractivity contribution in [1.82, 2.24) is 5.43 Å². The van der Waals surface area contributed by atoms with Crippen molar-refractivity contribution >= 4 is 17.3 Å². The van der Waals surface area contributed by atoms with E-state index in [1.54, 1.807) is 0 Å². The van der Waals surface area contributed by atoms with E-state index in [1.165, 1.54) is 5.56 Å². The predicted molar refractivity (Wildman–Crippen MR) is 85.1 cm³/mol. The molecule has 2 rings (SSSR count). The van der Waals surface area contributed by atoms with E-state index in [2.05, 4.69) is 41.6 Å². The molecule has 0 heterocycles. The molecule has 0 fully saturated rings. The molecule has 0 aliphatic rings. The van der Waals surface area contributed by atoms with E-state index >= 15 is 0 Å². The van der Waals surface area contributed by atoms with Crippen molar-refractivity contribution in [2.45, 2.75) is 13.3 Å². The number of hydrogen-bond acceptors (Lipinski definition) is 2. The standard InChI is InChI=1S/C16H20N4/c1-3-13-9-11-15(12-10-13)20(2)16(19-17)18-14-7-5-4-6-8-14/h4-12H,3,17H2,1-2H3,(H,18,19). The third-order valence-electron chi connectivity index (χ3n) is 3.17. The van der Waals surface area contributed by atoms with Gasteiger partial charge < -0.3 is 4.90 Å². The Hall–Kier alpha value is -2.33. The van der Waals surface area contributed by atoms with Crippen LogP contribution in [0.3, 0.4) is 0 Å². The molecule has 3 N–H and O–H groups in total. The number of rotatable bonds is 3. The molecule has 0 aliphatic carbocycles. The van der Waals surface area contributed by atoms with E-state index in [0.717, 1.165) is 17.8 Å². The Balaban J connectivity index is 2.24. The van der Waals surface area contributed by atoms with Crippen molar-refractivity contribution in [1.29, 1.82) is 0 Å². The molecule has 0 atom stereocenters. The van der Waals surface area contributed by atoms with Gasteiger partial charge in [0.05, 0.1) is 5.69 Å². The fraction of sp³-hybridized carbons (Fsp3) is 0.188. The summed E-state index contributed by atoms with van der Waals surface area (Å²) in [7, 11) is 1.93. The number of hydrogen-bond donors (Lipinski definition) is 2. The summed E-state index contributed by atoms with van der Waals surface area (Å²) in [5.41, 5.74) is 5.86. The maximum absolute atomic E-state index is 5.59. The fourth-order valence-corrected chi connectivity index (χ4v) is 1.91. The number of aryl methyl sites for hydroxylation is 1. The Bertz CT molecular complexity index is 561. The van der Waals surface area contributed by atoms with Gasteiger partial charge in [0.2, 0.25) is 5.96 Å². The van der Waals surface area contributed by atoms with Gasteiger partial charge in [0.15, 0.2) is 0 Å². The van der Waals surface area contributed by atoms with Gasteiger partial charge in [0, 0.05) is 12.7 Å². The van der Waals surface area contributed by atoms with Gasteiger partial charge in [-0.3, -0.25) is 5.43 Å². The Morgan fingerprint density at radius 1 is 1.10 bits per heavy atom. The Morgan fingerprint density at radius 3 is 2.30 bits per heavy atom. The number of nitrogens with one attached hydrogen (secondary N) is 1. The number of benzene rings is 2. The second-order valence-corrected chi connectivity index (χ2v) is 4.49.